The highest BCUT2D eigenvalue weighted by atomic mass is 16.6. The van der Waals surface area contributed by atoms with Gasteiger partial charge in [0, 0.05) is 19.3 Å². The predicted octanol–water partition coefficient (Wildman–Crippen LogP) is 20.3. The summed E-state index contributed by atoms with van der Waals surface area (Å²) in [5.41, 5.74) is 0. The van der Waals surface area contributed by atoms with E-state index >= 15 is 0 Å². The van der Waals surface area contributed by atoms with Crippen LogP contribution in [0.15, 0.2) is 109 Å². The first-order chi connectivity index (χ1) is 35.5. The Labute approximate surface area is 444 Å². The molecule has 6 nitrogen and oxygen atoms in total. The zero-order valence-corrected chi connectivity index (χ0v) is 46.9. The second-order valence-corrected chi connectivity index (χ2v) is 19.5. The van der Waals surface area contributed by atoms with Crippen molar-refractivity contribution in [3.8, 4) is 0 Å². The fraction of sp³-hybridized carbons (Fsp3) is 0.682. The summed E-state index contributed by atoms with van der Waals surface area (Å²) in [6.45, 7) is 6.44. The number of unbranched alkanes of at least 4 members (excludes halogenated alkanes) is 24. The number of ether oxygens (including phenoxy) is 3. The highest BCUT2D eigenvalue weighted by molar-refractivity contribution is 5.71. The molecule has 72 heavy (non-hydrogen) atoms. The topological polar surface area (TPSA) is 78.9 Å². The molecule has 0 aliphatic carbocycles. The van der Waals surface area contributed by atoms with Crippen LogP contribution < -0.4 is 0 Å². The number of hydrogen-bond acceptors (Lipinski definition) is 6. The number of hydrogen-bond donors (Lipinski definition) is 0. The molecule has 0 aromatic rings. The number of esters is 3. The molecule has 6 heteroatoms. The summed E-state index contributed by atoms with van der Waals surface area (Å²) in [6.07, 6.45) is 81.2. The third-order valence-corrected chi connectivity index (χ3v) is 12.5. The summed E-state index contributed by atoms with van der Waals surface area (Å²) in [5, 5.41) is 0. The van der Waals surface area contributed by atoms with E-state index in [9.17, 15) is 14.4 Å². The average Bonchev–Trinajstić information content (AvgIpc) is 3.38. The summed E-state index contributed by atoms with van der Waals surface area (Å²) in [5.74, 6) is -0.901. The summed E-state index contributed by atoms with van der Waals surface area (Å²) in [7, 11) is 0. The van der Waals surface area contributed by atoms with Gasteiger partial charge >= 0.3 is 17.9 Å². The fourth-order valence-electron chi connectivity index (χ4n) is 8.04. The van der Waals surface area contributed by atoms with Gasteiger partial charge in [-0.05, 0) is 109 Å². The van der Waals surface area contributed by atoms with Gasteiger partial charge in [-0.3, -0.25) is 14.4 Å². The third-order valence-electron chi connectivity index (χ3n) is 12.5. The van der Waals surface area contributed by atoms with Crippen LogP contribution in [0.1, 0.15) is 271 Å². The highest BCUT2D eigenvalue weighted by Gasteiger charge is 2.19. The van der Waals surface area contributed by atoms with Gasteiger partial charge in [0.1, 0.15) is 13.2 Å². The smallest absolute Gasteiger partial charge is 0.306 e. The third kappa shape index (κ3) is 57.0. The summed E-state index contributed by atoms with van der Waals surface area (Å²) in [6, 6.07) is 0. The lowest BCUT2D eigenvalue weighted by Gasteiger charge is -2.18. The molecule has 0 saturated carbocycles. The lowest BCUT2D eigenvalue weighted by atomic mass is 10.1. The lowest BCUT2D eigenvalue weighted by molar-refractivity contribution is -0.167. The van der Waals surface area contributed by atoms with E-state index < -0.39 is 6.10 Å². The Hall–Kier alpha value is -3.93. The molecule has 0 rings (SSSR count). The van der Waals surface area contributed by atoms with Crippen molar-refractivity contribution in [3.63, 3.8) is 0 Å². The molecule has 0 fully saturated rings. The Bertz CT molecular complexity index is 1470. The maximum Gasteiger partial charge on any atom is 0.306 e. The van der Waals surface area contributed by atoms with Crippen LogP contribution in [0.5, 0.6) is 0 Å². The molecule has 1 unspecified atom stereocenters. The van der Waals surface area contributed by atoms with Gasteiger partial charge in [0.05, 0.1) is 0 Å². The van der Waals surface area contributed by atoms with E-state index in [1.807, 2.05) is 0 Å². The number of carbonyl (C=O) groups is 3. The van der Waals surface area contributed by atoms with Crippen LogP contribution in [-0.2, 0) is 28.6 Å². The summed E-state index contributed by atoms with van der Waals surface area (Å²) < 4.78 is 16.7. The molecule has 0 heterocycles. The second-order valence-electron chi connectivity index (χ2n) is 19.5. The van der Waals surface area contributed by atoms with Crippen molar-refractivity contribution in [1.29, 1.82) is 0 Å². The van der Waals surface area contributed by atoms with Crippen molar-refractivity contribution < 1.29 is 28.6 Å². The Morgan fingerprint density at radius 1 is 0.292 bits per heavy atom. The minimum absolute atomic E-state index is 0.0809. The average molecular weight is 1000 g/mol. The summed E-state index contributed by atoms with van der Waals surface area (Å²) >= 11 is 0. The molecule has 0 bridgehead atoms. The van der Waals surface area contributed by atoms with Crippen LogP contribution in [-0.4, -0.2) is 37.2 Å². The maximum atomic E-state index is 12.8. The first-order valence-electron chi connectivity index (χ1n) is 29.9. The van der Waals surface area contributed by atoms with Crippen LogP contribution in [0.4, 0.5) is 0 Å². The van der Waals surface area contributed by atoms with E-state index in [0.717, 1.165) is 122 Å². The molecule has 0 aliphatic rings. The standard InChI is InChI=1S/C66H110O6/c1-4-7-10-13-16-18-20-22-23-24-25-26-27-28-29-30-31-32-33-34-35-36-37-38-39-40-41-42-43-44-46-47-50-53-56-59-65(68)71-62-63(61-70-64(67)58-55-52-49-15-12-9-6-3)72-66(69)60-57-54-51-48-45-21-19-17-14-11-8-5-2/h7,10,16-19,22-23,25-26,28-29,31-32,34-35,37-38,63H,4-6,8-9,11-15,20-21,24,27,30,33,36,39-62H2,1-3H3/b10-7-,18-16-,19-17-,23-22-,26-25-,29-28-,32-31-,35-34-,38-37-. The molecule has 0 saturated heterocycles. The molecule has 0 aromatic carbocycles. The molecular formula is C66H110O6. The second kappa shape index (κ2) is 59.6. The van der Waals surface area contributed by atoms with Crippen molar-refractivity contribution in [3.05, 3.63) is 109 Å². The van der Waals surface area contributed by atoms with Gasteiger partial charge < -0.3 is 14.2 Å². The van der Waals surface area contributed by atoms with Crippen molar-refractivity contribution in [2.75, 3.05) is 13.2 Å². The van der Waals surface area contributed by atoms with Crippen molar-refractivity contribution in [2.24, 2.45) is 0 Å². The molecule has 410 valence electrons. The molecule has 0 amide bonds. The SMILES string of the molecule is CC/C=C\C/C=C\C/C=C\C/C=C\C/C=C\C/C=C\C/C=C\C/C=C\CCCCCCCCCCCCC(=O)OCC(COC(=O)CCCCCCCCC)OC(=O)CCCCCCC/C=C\CCCCC. The minimum atomic E-state index is -0.780. The van der Waals surface area contributed by atoms with E-state index in [4.69, 9.17) is 14.2 Å². The molecule has 1 atom stereocenters. The number of allylic oxidation sites excluding steroid dienone is 18. The molecule has 0 aliphatic heterocycles. The van der Waals surface area contributed by atoms with Gasteiger partial charge in [-0.2, -0.15) is 0 Å². The van der Waals surface area contributed by atoms with E-state index in [2.05, 4.69) is 130 Å². The molecular weight excluding hydrogens is 889 g/mol. The zero-order valence-electron chi connectivity index (χ0n) is 46.9. The number of rotatable bonds is 53. The maximum absolute atomic E-state index is 12.8. The van der Waals surface area contributed by atoms with Gasteiger partial charge in [-0.1, -0.05) is 252 Å². The Balaban J connectivity index is 4.06. The van der Waals surface area contributed by atoms with E-state index in [-0.39, 0.29) is 31.1 Å². The largest absolute Gasteiger partial charge is 0.462 e. The highest BCUT2D eigenvalue weighted by Crippen LogP contribution is 2.15. The van der Waals surface area contributed by atoms with E-state index in [1.54, 1.807) is 0 Å². The van der Waals surface area contributed by atoms with Gasteiger partial charge in [0.25, 0.3) is 0 Å². The molecule has 0 aromatic heterocycles. The van der Waals surface area contributed by atoms with Crippen molar-refractivity contribution in [2.45, 2.75) is 277 Å². The Morgan fingerprint density at radius 3 is 0.889 bits per heavy atom. The van der Waals surface area contributed by atoms with Gasteiger partial charge in [-0.25, -0.2) is 0 Å². The van der Waals surface area contributed by atoms with Gasteiger partial charge in [-0.15, -0.1) is 0 Å². The van der Waals surface area contributed by atoms with Gasteiger partial charge in [0.15, 0.2) is 6.10 Å². The fourth-order valence-corrected chi connectivity index (χ4v) is 8.04. The normalized spacial score (nSPS) is 12.9. The minimum Gasteiger partial charge on any atom is -0.462 e. The van der Waals surface area contributed by atoms with E-state index in [1.165, 1.54) is 109 Å². The Kier molecular flexibility index (Phi) is 56.4. The zero-order chi connectivity index (χ0) is 52.2. The molecule has 0 radical (unpaired) electrons. The van der Waals surface area contributed by atoms with Crippen LogP contribution >= 0.6 is 0 Å². The predicted molar refractivity (Wildman–Crippen MR) is 311 cm³/mol. The molecule has 0 N–H and O–H groups in total. The van der Waals surface area contributed by atoms with Crippen LogP contribution in [0, 0.1) is 0 Å². The first-order valence-corrected chi connectivity index (χ1v) is 29.9. The summed E-state index contributed by atoms with van der Waals surface area (Å²) in [4.78, 5) is 37.9. The molecule has 0 spiro atoms. The van der Waals surface area contributed by atoms with Crippen LogP contribution in [0.2, 0.25) is 0 Å². The van der Waals surface area contributed by atoms with Crippen molar-refractivity contribution >= 4 is 17.9 Å². The Morgan fingerprint density at radius 2 is 0.542 bits per heavy atom. The van der Waals surface area contributed by atoms with Crippen molar-refractivity contribution in [1.82, 2.24) is 0 Å². The lowest BCUT2D eigenvalue weighted by Crippen LogP contribution is -2.30. The van der Waals surface area contributed by atoms with Gasteiger partial charge in [0.2, 0.25) is 0 Å². The quantitative estimate of drug-likeness (QED) is 0.0261. The number of carbonyl (C=O) groups excluding carboxylic acids is 3. The van der Waals surface area contributed by atoms with E-state index in [0.29, 0.717) is 19.3 Å². The monoisotopic (exact) mass is 999 g/mol. The van der Waals surface area contributed by atoms with Crippen LogP contribution in [0.25, 0.3) is 0 Å². The van der Waals surface area contributed by atoms with Crippen LogP contribution in [0.3, 0.4) is 0 Å². The first kappa shape index (κ1) is 68.1.